The van der Waals surface area contributed by atoms with Crippen molar-refractivity contribution in [3.63, 3.8) is 0 Å². The fraction of sp³-hybridized carbons (Fsp3) is 0.143. The largest absolute Gasteiger partial charge is 0.308 e. The van der Waals surface area contributed by atoms with Crippen LogP contribution in [0.1, 0.15) is 18.3 Å². The molecular weight excluding hydrogens is 334 g/mol. The van der Waals surface area contributed by atoms with Crippen molar-refractivity contribution in [1.29, 1.82) is 0 Å². The summed E-state index contributed by atoms with van der Waals surface area (Å²) >= 11 is 7.93. The van der Waals surface area contributed by atoms with Crippen LogP contribution in [0.3, 0.4) is 0 Å². The molecule has 0 amide bonds. The fourth-order valence-electron chi connectivity index (χ4n) is 3.41. The fourth-order valence-corrected chi connectivity index (χ4v) is 4.62. The summed E-state index contributed by atoms with van der Waals surface area (Å²) in [6.45, 7) is 4.41. The second-order valence-electron chi connectivity index (χ2n) is 5.94. The number of hydrogen-bond acceptors (Lipinski definition) is 1. The maximum absolute atomic E-state index is 6.11. The second kappa shape index (κ2) is 6.12. The van der Waals surface area contributed by atoms with Crippen LogP contribution in [0.25, 0.3) is 27.1 Å². The molecule has 2 heterocycles. The highest BCUT2D eigenvalue weighted by Crippen LogP contribution is 2.43. The normalized spacial score (nSPS) is 11.3. The number of benzene rings is 2. The molecule has 4 aromatic rings. The van der Waals surface area contributed by atoms with E-state index in [1.807, 2.05) is 23.5 Å². The van der Waals surface area contributed by atoms with Gasteiger partial charge in [-0.05, 0) is 36.6 Å². The summed E-state index contributed by atoms with van der Waals surface area (Å²) in [5.74, 6) is 0. The number of fused-ring (bicyclic) bond motifs is 1. The summed E-state index contributed by atoms with van der Waals surface area (Å²) in [5, 5.41) is 3.02. The molecule has 0 bridgehead atoms. The predicted molar refractivity (Wildman–Crippen MR) is 105 cm³/mol. The molecule has 0 fully saturated rings. The Labute approximate surface area is 151 Å². The monoisotopic (exact) mass is 351 g/mol. The van der Waals surface area contributed by atoms with Gasteiger partial charge in [-0.3, -0.25) is 0 Å². The zero-order valence-corrected chi connectivity index (χ0v) is 15.3. The summed E-state index contributed by atoms with van der Waals surface area (Å²) in [6, 6.07) is 18.9. The Kier molecular flexibility index (Phi) is 3.95. The molecule has 0 aliphatic carbocycles. The lowest BCUT2D eigenvalue weighted by molar-refractivity contribution is 0.977. The summed E-state index contributed by atoms with van der Waals surface area (Å²) in [6.07, 6.45) is 0.990. The van der Waals surface area contributed by atoms with Crippen molar-refractivity contribution in [3.05, 3.63) is 76.4 Å². The highest BCUT2D eigenvalue weighted by molar-refractivity contribution is 7.16. The van der Waals surface area contributed by atoms with Crippen LogP contribution in [0, 0.1) is 6.92 Å². The van der Waals surface area contributed by atoms with Crippen LogP contribution in [-0.4, -0.2) is 4.40 Å². The van der Waals surface area contributed by atoms with Crippen LogP contribution in [-0.2, 0) is 6.42 Å². The summed E-state index contributed by atoms with van der Waals surface area (Å²) in [5.41, 5.74) is 7.81. The molecule has 0 N–H and O–H groups in total. The molecule has 120 valence electrons. The Morgan fingerprint density at radius 1 is 0.917 bits per heavy atom. The third-order valence-corrected chi connectivity index (χ3v) is 5.77. The van der Waals surface area contributed by atoms with Crippen molar-refractivity contribution < 1.29 is 0 Å². The van der Waals surface area contributed by atoms with Gasteiger partial charge < -0.3 is 4.40 Å². The first kappa shape index (κ1) is 15.5. The smallest absolute Gasteiger partial charge is 0.108 e. The Morgan fingerprint density at radius 2 is 1.58 bits per heavy atom. The van der Waals surface area contributed by atoms with Gasteiger partial charge in [0.25, 0.3) is 0 Å². The molecule has 4 rings (SSSR count). The molecule has 0 aliphatic heterocycles. The zero-order chi connectivity index (χ0) is 16.7. The molecule has 0 saturated heterocycles. The van der Waals surface area contributed by atoms with Crippen LogP contribution in [0.4, 0.5) is 0 Å². The third kappa shape index (κ3) is 2.38. The third-order valence-electron chi connectivity index (χ3n) is 4.45. The minimum Gasteiger partial charge on any atom is -0.308 e. The first-order chi connectivity index (χ1) is 11.7. The lowest BCUT2D eigenvalue weighted by atomic mass is 9.96. The molecule has 24 heavy (non-hydrogen) atoms. The number of nitrogens with zero attached hydrogens (tertiary/aromatic N) is 1. The topological polar surface area (TPSA) is 4.41 Å². The van der Waals surface area contributed by atoms with Gasteiger partial charge in [0.1, 0.15) is 4.83 Å². The van der Waals surface area contributed by atoms with Gasteiger partial charge in [-0.1, -0.05) is 61.0 Å². The lowest BCUT2D eigenvalue weighted by Crippen LogP contribution is -1.93. The molecule has 0 aliphatic rings. The average Bonchev–Trinajstić information content (AvgIpc) is 3.14. The summed E-state index contributed by atoms with van der Waals surface area (Å²) in [7, 11) is 0. The lowest BCUT2D eigenvalue weighted by Gasteiger charge is -2.08. The van der Waals surface area contributed by atoms with Crippen molar-refractivity contribution in [3.8, 4) is 22.3 Å². The number of aryl methyl sites for hydroxylation is 2. The molecule has 2 aromatic carbocycles. The van der Waals surface area contributed by atoms with E-state index in [2.05, 4.69) is 66.1 Å². The first-order valence-electron chi connectivity index (χ1n) is 8.13. The molecule has 0 spiro atoms. The number of hydrogen-bond donors (Lipinski definition) is 0. The standard InChI is InChI=1S/C21H18ClNS/c1-3-18-19(16-9-11-17(22)12-10-16)20(15-7-5-4-6-8-15)21-23(18)14(2)13-24-21/h4-13H,3H2,1-2H3. The van der Waals surface area contributed by atoms with Gasteiger partial charge in [0.2, 0.25) is 0 Å². The van der Waals surface area contributed by atoms with Crippen molar-refractivity contribution in [2.24, 2.45) is 0 Å². The van der Waals surface area contributed by atoms with Gasteiger partial charge in [0, 0.05) is 32.9 Å². The molecule has 2 aromatic heterocycles. The molecule has 1 nitrogen and oxygen atoms in total. The highest BCUT2D eigenvalue weighted by atomic mass is 35.5. The van der Waals surface area contributed by atoms with Crippen LogP contribution in [0.5, 0.6) is 0 Å². The van der Waals surface area contributed by atoms with Crippen LogP contribution >= 0.6 is 22.9 Å². The summed E-state index contributed by atoms with van der Waals surface area (Å²) < 4.78 is 2.41. The van der Waals surface area contributed by atoms with E-state index in [0.29, 0.717) is 0 Å². The van der Waals surface area contributed by atoms with Crippen LogP contribution in [0.2, 0.25) is 5.02 Å². The van der Waals surface area contributed by atoms with Crippen molar-refractivity contribution in [2.45, 2.75) is 20.3 Å². The van der Waals surface area contributed by atoms with E-state index in [9.17, 15) is 0 Å². The predicted octanol–water partition coefficient (Wildman–Crippen LogP) is 6.86. The van der Waals surface area contributed by atoms with Crippen LogP contribution < -0.4 is 0 Å². The van der Waals surface area contributed by atoms with Crippen LogP contribution in [0.15, 0.2) is 60.0 Å². The minimum absolute atomic E-state index is 0.773. The Morgan fingerprint density at radius 3 is 2.25 bits per heavy atom. The van der Waals surface area contributed by atoms with Crippen molar-refractivity contribution in [1.82, 2.24) is 4.40 Å². The number of thiazole rings is 1. The first-order valence-corrected chi connectivity index (χ1v) is 9.39. The Bertz CT molecular complexity index is 994. The van der Waals surface area contributed by atoms with Gasteiger partial charge in [-0.25, -0.2) is 0 Å². The van der Waals surface area contributed by atoms with Gasteiger partial charge in [-0.15, -0.1) is 11.3 Å². The van der Waals surface area contributed by atoms with E-state index in [1.54, 1.807) is 0 Å². The van der Waals surface area contributed by atoms with Gasteiger partial charge >= 0.3 is 0 Å². The van der Waals surface area contributed by atoms with E-state index in [0.717, 1.165) is 11.4 Å². The van der Waals surface area contributed by atoms with Gasteiger partial charge in [0.05, 0.1) is 0 Å². The van der Waals surface area contributed by atoms with Crippen molar-refractivity contribution >= 4 is 27.8 Å². The van der Waals surface area contributed by atoms with E-state index < -0.39 is 0 Å². The molecule has 0 radical (unpaired) electrons. The number of aromatic nitrogens is 1. The quantitative estimate of drug-likeness (QED) is 0.380. The number of halogens is 1. The highest BCUT2D eigenvalue weighted by Gasteiger charge is 2.22. The van der Waals surface area contributed by atoms with Gasteiger partial charge in [-0.2, -0.15) is 0 Å². The second-order valence-corrected chi connectivity index (χ2v) is 7.24. The summed E-state index contributed by atoms with van der Waals surface area (Å²) in [4.78, 5) is 1.32. The molecule has 0 unspecified atom stereocenters. The molecule has 3 heteroatoms. The average molecular weight is 352 g/mol. The number of rotatable bonds is 3. The van der Waals surface area contributed by atoms with E-state index >= 15 is 0 Å². The Balaban J connectivity index is 2.12. The van der Waals surface area contributed by atoms with Gasteiger partial charge in [0.15, 0.2) is 0 Å². The maximum Gasteiger partial charge on any atom is 0.108 e. The SMILES string of the molecule is CCc1c(-c2ccc(Cl)cc2)c(-c2ccccc2)c2scc(C)n12. The van der Waals surface area contributed by atoms with E-state index in [-0.39, 0.29) is 0 Å². The van der Waals surface area contributed by atoms with E-state index in [4.69, 9.17) is 11.6 Å². The Hall–Kier alpha value is -2.03. The van der Waals surface area contributed by atoms with E-state index in [1.165, 1.54) is 38.5 Å². The maximum atomic E-state index is 6.11. The molecule has 0 atom stereocenters. The minimum atomic E-state index is 0.773. The van der Waals surface area contributed by atoms with Crippen molar-refractivity contribution in [2.75, 3.05) is 0 Å². The molecular formula is C21H18ClNS. The molecule has 0 saturated carbocycles. The zero-order valence-electron chi connectivity index (χ0n) is 13.7.